The first-order valence-corrected chi connectivity index (χ1v) is 51.4. The van der Waals surface area contributed by atoms with Gasteiger partial charge in [0.15, 0.2) is 0 Å². The Balaban J connectivity index is 0.000000162. The molecule has 8 aliphatic rings. The number of rotatable bonds is 26. The molecule has 12 heterocycles. The zero-order valence-electron chi connectivity index (χ0n) is 85.7. The summed E-state index contributed by atoms with van der Waals surface area (Å²) in [6.07, 6.45) is 13.4. The first kappa shape index (κ1) is 108. The fourth-order valence-electron chi connectivity index (χ4n) is 22.1. The molecule has 4 aromatic heterocycles. The molecule has 8 aromatic rings. The van der Waals surface area contributed by atoms with Crippen molar-refractivity contribution in [2.45, 2.75) is 304 Å². The highest BCUT2D eigenvalue weighted by Gasteiger charge is 2.41. The number of carboxylic acids is 2. The summed E-state index contributed by atoms with van der Waals surface area (Å²) >= 11 is 0. The number of aliphatic carboxylic acids is 1. The maximum atomic E-state index is 13.1. The minimum Gasteiger partial charge on any atom is -0.478 e. The van der Waals surface area contributed by atoms with Crippen LogP contribution in [0.4, 0.5) is 40.7 Å². The van der Waals surface area contributed by atoms with Crippen molar-refractivity contribution in [1.82, 2.24) is 20.0 Å². The highest BCUT2D eigenvalue weighted by Crippen LogP contribution is 2.47. The third-order valence-electron chi connectivity index (χ3n) is 29.5. The summed E-state index contributed by atoms with van der Waals surface area (Å²) in [5.41, 5.74) is 13.2. The Kier molecular flexibility index (Phi) is 38.8. The summed E-state index contributed by atoms with van der Waals surface area (Å²) < 4.78 is 101. The van der Waals surface area contributed by atoms with Gasteiger partial charge in [-0.2, -0.15) is 13.2 Å². The second-order valence-corrected chi connectivity index (χ2v) is 39.3. The molecule has 0 spiro atoms. The molecule has 1 amide bonds. The van der Waals surface area contributed by atoms with Gasteiger partial charge < -0.3 is 105 Å². The van der Waals surface area contributed by atoms with Crippen molar-refractivity contribution >= 4 is 103 Å². The molecule has 8 fully saturated rings. The molecule has 31 heteroatoms. The monoisotopic (exact) mass is 1940 g/mol. The van der Waals surface area contributed by atoms with Gasteiger partial charge >= 0.3 is 42.1 Å². The number of carbonyl (C=O) groups is 6. The van der Waals surface area contributed by atoms with Gasteiger partial charge in [-0.25, -0.2) is 28.8 Å². The number of fused-ring (bicyclic) bond motifs is 4. The minimum absolute atomic E-state index is 0.169. The highest BCUT2D eigenvalue weighted by atomic mass is 19.4. The molecule has 768 valence electrons. The minimum atomic E-state index is -5.08. The number of likely N-dealkylation sites (tertiary alicyclic amines) is 3. The number of carboxylic acid groups (broad SMARTS) is 2. The zero-order valence-corrected chi connectivity index (χ0v) is 85.7. The number of furan rings is 4. The number of esters is 3. The van der Waals surface area contributed by atoms with Gasteiger partial charge in [-0.15, -0.1) is 0 Å². The Bertz CT molecular complexity index is 5380. The number of nitrogens with zero attached hydrogens (tertiary/aromatic N) is 7. The van der Waals surface area contributed by atoms with Crippen LogP contribution in [0, 0.1) is 0 Å². The maximum Gasteiger partial charge on any atom is 0.490 e. The van der Waals surface area contributed by atoms with Gasteiger partial charge in [0.25, 0.3) is 0 Å². The molecule has 8 aliphatic heterocycles. The van der Waals surface area contributed by atoms with E-state index in [0.29, 0.717) is 113 Å². The lowest BCUT2D eigenvalue weighted by atomic mass is 9.92. The molecule has 16 rings (SSSR count). The molecule has 0 saturated carbocycles. The van der Waals surface area contributed by atoms with E-state index < -0.39 is 23.7 Å². The number of methoxy groups -OCH3 is 3. The Morgan fingerprint density at radius 2 is 0.633 bits per heavy atom. The number of nitrogens with one attached hydrogen (secondary N) is 1. The number of aromatic carboxylic acids is 1. The molecule has 0 unspecified atom stereocenters. The van der Waals surface area contributed by atoms with E-state index in [1.54, 1.807) is 4.90 Å². The van der Waals surface area contributed by atoms with E-state index in [-0.39, 0.29) is 29.9 Å². The molecule has 0 aliphatic carbocycles. The van der Waals surface area contributed by atoms with Crippen LogP contribution in [0.1, 0.15) is 317 Å². The number of hydrogen-bond acceptors (Lipinski definition) is 25. The second kappa shape index (κ2) is 49.9. The van der Waals surface area contributed by atoms with E-state index in [2.05, 4.69) is 154 Å². The summed E-state index contributed by atoms with van der Waals surface area (Å²) in [6.45, 7) is 48.8. The van der Waals surface area contributed by atoms with Crippen LogP contribution in [-0.2, 0) is 68.4 Å². The summed E-state index contributed by atoms with van der Waals surface area (Å²) in [5.74, 6) is 0.606. The van der Waals surface area contributed by atoms with Crippen molar-refractivity contribution in [2.24, 2.45) is 0 Å². The third-order valence-corrected chi connectivity index (χ3v) is 29.5. The molecule has 0 radical (unpaired) electrons. The predicted octanol–water partition coefficient (Wildman–Crippen LogP) is 21.5. The van der Waals surface area contributed by atoms with Gasteiger partial charge in [0, 0.05) is 221 Å². The highest BCUT2D eigenvalue weighted by molar-refractivity contribution is 6.10. The molecular weight excluding hydrogens is 1790 g/mol. The lowest BCUT2D eigenvalue weighted by Crippen LogP contribution is -2.41. The van der Waals surface area contributed by atoms with Gasteiger partial charge in [-0.05, 0) is 290 Å². The van der Waals surface area contributed by atoms with Crippen molar-refractivity contribution in [3.05, 3.63) is 116 Å². The number of anilines is 4. The lowest BCUT2D eigenvalue weighted by molar-refractivity contribution is -0.192. The SMILES string of the molecule is CCc1c(N(CC)C2CCOCC2)cc2oc(C3CCN(C(=O)OC(C)(C)C)CC3)cc2c1C(=O)OC.CCc1c(N(CC)C2CCOCC2)cc2oc(C3CCN(C(C)C)CC3)cc2c1C(=O)O.CCc1c(N(CC)C2CCOCC2)cc2oc(C3CCN(C(C)C)CC3)cc2c1C(=O)OC.CCc1c(N(CC)C2CCOCC2)cc2oc(C3CCNCC3)cc2c1C(=O)OC.O=C(O)C(F)(F)F. The number of piperidine rings is 4. The van der Waals surface area contributed by atoms with Crippen molar-refractivity contribution < 1.29 is 108 Å². The summed E-state index contributed by atoms with van der Waals surface area (Å²) in [5, 5.41) is 24.1. The number of hydrogen-bond donors (Lipinski definition) is 3. The van der Waals surface area contributed by atoms with Crippen molar-refractivity contribution in [3.8, 4) is 0 Å². The number of alkyl halides is 3. The van der Waals surface area contributed by atoms with Crippen molar-refractivity contribution in [2.75, 3.05) is 172 Å². The van der Waals surface area contributed by atoms with Crippen LogP contribution in [0.15, 0.2) is 66.2 Å². The van der Waals surface area contributed by atoms with E-state index in [9.17, 15) is 42.3 Å². The molecule has 3 N–H and O–H groups in total. The second-order valence-electron chi connectivity index (χ2n) is 39.3. The van der Waals surface area contributed by atoms with E-state index in [1.165, 1.54) is 21.3 Å². The van der Waals surface area contributed by atoms with Gasteiger partial charge in [0.2, 0.25) is 0 Å². The normalized spacial score (nSPS) is 18.2. The Morgan fingerprint density at radius 3 is 0.856 bits per heavy atom. The van der Waals surface area contributed by atoms with E-state index >= 15 is 0 Å². The number of benzene rings is 4. The maximum absolute atomic E-state index is 13.1. The average molecular weight is 1940 g/mol. The number of amides is 1. The Hall–Kier alpha value is -9.63. The van der Waals surface area contributed by atoms with Crippen LogP contribution >= 0.6 is 0 Å². The third kappa shape index (κ3) is 25.9. The van der Waals surface area contributed by atoms with Gasteiger partial charge in [0.1, 0.15) is 51.0 Å². The molecule has 8 saturated heterocycles. The number of halogens is 3. The summed E-state index contributed by atoms with van der Waals surface area (Å²) in [6, 6.07) is 19.5. The molecule has 139 heavy (non-hydrogen) atoms. The Labute approximate surface area is 818 Å². The summed E-state index contributed by atoms with van der Waals surface area (Å²) in [7, 11) is 4.37. The first-order chi connectivity index (χ1) is 66.7. The van der Waals surface area contributed by atoms with Crippen LogP contribution in [0.3, 0.4) is 0 Å². The lowest BCUT2D eigenvalue weighted by Gasteiger charge is -2.36. The van der Waals surface area contributed by atoms with Crippen molar-refractivity contribution in [1.29, 1.82) is 0 Å². The van der Waals surface area contributed by atoms with Crippen LogP contribution in [0.25, 0.3) is 43.9 Å². The molecule has 0 bridgehead atoms. The van der Waals surface area contributed by atoms with Crippen LogP contribution < -0.4 is 24.9 Å². The van der Waals surface area contributed by atoms with Crippen LogP contribution in [-0.4, -0.2) is 262 Å². The van der Waals surface area contributed by atoms with Crippen LogP contribution in [0.2, 0.25) is 0 Å². The average Bonchev–Trinajstić information content (AvgIpc) is 1.78. The quantitative estimate of drug-likeness (QED) is 0.0335. The van der Waals surface area contributed by atoms with Gasteiger partial charge in [-0.3, -0.25) is 0 Å². The predicted molar refractivity (Wildman–Crippen MR) is 536 cm³/mol. The molecule has 0 atom stereocenters. The largest absolute Gasteiger partial charge is 0.490 e. The first-order valence-electron chi connectivity index (χ1n) is 51.4. The van der Waals surface area contributed by atoms with Gasteiger partial charge in [0.05, 0.1) is 43.6 Å². The zero-order chi connectivity index (χ0) is 100. The fourth-order valence-corrected chi connectivity index (χ4v) is 22.1. The van der Waals surface area contributed by atoms with Crippen LogP contribution in [0.5, 0.6) is 0 Å². The number of carbonyl (C=O) groups excluding carboxylic acids is 4. The summed E-state index contributed by atoms with van der Waals surface area (Å²) in [4.78, 5) is 89.3. The van der Waals surface area contributed by atoms with Crippen molar-refractivity contribution in [3.63, 3.8) is 0 Å². The molecular formula is C108H155F3N8O20. The van der Waals surface area contributed by atoms with Gasteiger partial charge in [-0.1, -0.05) is 27.7 Å². The Morgan fingerprint density at radius 1 is 0.388 bits per heavy atom. The molecule has 28 nitrogen and oxygen atoms in total. The standard InChI is InChI=1S/C29H42N2O6.C27H40N2O4.C26H38N2O4.C24H34N2O4.C2HF3O2/c1-7-21-23(31(8-2)20-11-15-35-16-12-20)18-25-22(26(21)27(32)34-6)17-24(36-25)19-9-13-30(14-10-19)28(33)37-29(3,4)5;1-6-21-23(29(7-2)20-10-14-32-15-11-20)17-25-22(26(21)27(30)31-5)16-24(33-25)19-8-12-28(13-9-19)18(3)4;1-5-20-22(28(6-2)19-9-13-31-14-10-19)16-24-21(25(20)26(29)30)15-23(32-24)18-7-11-27(12-8-18)17(3)4;1-4-18-20(26(5-2)17-8-12-29-13-9-17)15-22-19(23(18)24(27)28-3)14-21(30-22)16-6-10-25-11-7-16;3-2(4,5)1(6)7/h17-20H,7-16H2,1-6H3;16-20H,6-15H2,1-5H3;15-19H,5-14H2,1-4H3,(H,29,30);14-17,25H,4-13H2,1-3H3;(H,6,7). The van der Waals surface area contributed by atoms with E-state index in [0.717, 1.165) is 335 Å². The topological polar surface area (TPSA) is 304 Å². The smallest absolute Gasteiger partial charge is 0.478 e. The van der Waals surface area contributed by atoms with E-state index in [1.807, 2.05) is 32.9 Å². The van der Waals surface area contributed by atoms with E-state index in [4.69, 9.17) is 65.5 Å². The molecule has 4 aromatic carbocycles. The number of ether oxygens (including phenoxy) is 8. The fraction of sp³-hybridized carbons (Fsp3) is 0.648.